The van der Waals surface area contributed by atoms with Crippen molar-refractivity contribution in [3.8, 4) is 47.2 Å². The summed E-state index contributed by atoms with van der Waals surface area (Å²) in [5.41, 5.74) is 10.5. The lowest BCUT2D eigenvalue weighted by Gasteiger charge is -2.05. The standard InChI is InChI=1S/C35H34N2O2/c1-7-22-13-17-24(18-14-22)32-26(9-3)28(11-5)34(36-32)30(38)21-31(39)35-29(12-6)27(10-4)33(37-35)25-19-15-23(8-2)16-20-25/h1-2,13-20,36-37H,9-12,21H2,3-6H3. The number of hydrogen-bond acceptors (Lipinski definition) is 2. The molecule has 2 N–H and O–H groups in total. The molecule has 4 heteroatoms. The SMILES string of the molecule is C#Cc1ccc(-c2[nH]c(C(=O)CC(=O)c3[nH]c(-c4ccc(C#C)cc4)c(CC)c3CC)c(CC)c2CC)cc1. The Bertz CT molecular complexity index is 1480. The third-order valence-corrected chi connectivity index (χ3v) is 7.41. The lowest BCUT2D eigenvalue weighted by Crippen LogP contribution is -2.12. The summed E-state index contributed by atoms with van der Waals surface area (Å²) in [4.78, 5) is 34.0. The minimum Gasteiger partial charge on any atom is -0.352 e. The van der Waals surface area contributed by atoms with E-state index in [0.717, 1.165) is 68.7 Å². The van der Waals surface area contributed by atoms with Crippen LogP contribution in [0.15, 0.2) is 48.5 Å². The molecule has 2 aromatic heterocycles. The summed E-state index contributed by atoms with van der Waals surface area (Å²) in [6.45, 7) is 8.24. The van der Waals surface area contributed by atoms with Gasteiger partial charge in [0, 0.05) is 22.5 Å². The summed E-state index contributed by atoms with van der Waals surface area (Å²) in [6.07, 6.45) is 13.8. The molecule has 0 saturated carbocycles. The van der Waals surface area contributed by atoms with Crippen molar-refractivity contribution in [2.75, 3.05) is 0 Å². The Morgan fingerprint density at radius 1 is 0.590 bits per heavy atom. The van der Waals surface area contributed by atoms with Gasteiger partial charge in [-0.25, -0.2) is 0 Å². The number of carbonyl (C=O) groups is 2. The van der Waals surface area contributed by atoms with E-state index in [0.29, 0.717) is 24.2 Å². The second kappa shape index (κ2) is 11.9. The highest BCUT2D eigenvalue weighted by atomic mass is 16.1. The van der Waals surface area contributed by atoms with Gasteiger partial charge in [0.1, 0.15) is 0 Å². The maximum Gasteiger partial charge on any atom is 0.187 e. The molecule has 0 unspecified atom stereocenters. The maximum absolute atomic E-state index is 13.6. The molecule has 0 aliphatic heterocycles. The fraction of sp³-hybridized carbons (Fsp3) is 0.257. The quantitative estimate of drug-likeness (QED) is 0.132. The number of benzene rings is 2. The minimum atomic E-state index is -0.210. The smallest absolute Gasteiger partial charge is 0.187 e. The first kappa shape index (κ1) is 27.5. The summed E-state index contributed by atoms with van der Waals surface area (Å²) < 4.78 is 0. The predicted octanol–water partition coefficient (Wildman–Crippen LogP) is 7.34. The molecule has 2 heterocycles. The first-order chi connectivity index (χ1) is 18.9. The van der Waals surface area contributed by atoms with Crippen LogP contribution in [0.5, 0.6) is 0 Å². The second-order valence-corrected chi connectivity index (χ2v) is 9.54. The lowest BCUT2D eigenvalue weighted by atomic mass is 9.96. The van der Waals surface area contributed by atoms with E-state index >= 15 is 0 Å². The summed E-state index contributed by atoms with van der Waals surface area (Å²) in [7, 11) is 0. The number of nitrogens with one attached hydrogen (secondary N) is 2. The van der Waals surface area contributed by atoms with Crippen molar-refractivity contribution in [2.24, 2.45) is 0 Å². The Balaban J connectivity index is 1.69. The van der Waals surface area contributed by atoms with E-state index in [1.165, 1.54) is 0 Å². The normalized spacial score (nSPS) is 10.7. The van der Waals surface area contributed by atoms with Crippen LogP contribution in [0.25, 0.3) is 22.5 Å². The average molecular weight is 515 g/mol. The van der Waals surface area contributed by atoms with Crippen LogP contribution in [0.4, 0.5) is 0 Å². The van der Waals surface area contributed by atoms with Crippen LogP contribution in [0.3, 0.4) is 0 Å². The number of H-pyrrole nitrogens is 2. The van der Waals surface area contributed by atoms with Crippen molar-refractivity contribution in [1.82, 2.24) is 9.97 Å². The zero-order valence-corrected chi connectivity index (χ0v) is 23.1. The van der Waals surface area contributed by atoms with Crippen LogP contribution < -0.4 is 0 Å². The lowest BCUT2D eigenvalue weighted by molar-refractivity contribution is 0.0888. The molecule has 0 aliphatic carbocycles. The monoisotopic (exact) mass is 514 g/mol. The zero-order valence-electron chi connectivity index (χ0n) is 23.1. The van der Waals surface area contributed by atoms with Gasteiger partial charge in [0.25, 0.3) is 0 Å². The second-order valence-electron chi connectivity index (χ2n) is 9.54. The van der Waals surface area contributed by atoms with Gasteiger partial charge >= 0.3 is 0 Å². The van der Waals surface area contributed by atoms with E-state index in [1.54, 1.807) is 0 Å². The Labute approximate surface area is 231 Å². The molecule has 4 rings (SSSR count). The third kappa shape index (κ3) is 5.25. The van der Waals surface area contributed by atoms with Crippen molar-refractivity contribution in [3.05, 3.63) is 93.3 Å². The molecular formula is C35H34N2O2. The van der Waals surface area contributed by atoms with Gasteiger partial charge in [-0.2, -0.15) is 0 Å². The van der Waals surface area contributed by atoms with Gasteiger partial charge in [-0.05, 0) is 83.3 Å². The number of Topliss-reactive ketones (excluding diaryl/α,β-unsaturated/α-hetero) is 2. The molecule has 0 bridgehead atoms. The highest BCUT2D eigenvalue weighted by Crippen LogP contribution is 2.33. The molecule has 39 heavy (non-hydrogen) atoms. The maximum atomic E-state index is 13.6. The fourth-order valence-corrected chi connectivity index (χ4v) is 5.47. The van der Waals surface area contributed by atoms with Gasteiger partial charge in [0.2, 0.25) is 0 Å². The van der Waals surface area contributed by atoms with E-state index < -0.39 is 0 Å². The van der Waals surface area contributed by atoms with Gasteiger partial charge < -0.3 is 9.97 Å². The summed E-state index contributed by atoms with van der Waals surface area (Å²) in [5, 5.41) is 0. The number of aromatic nitrogens is 2. The topological polar surface area (TPSA) is 65.7 Å². The van der Waals surface area contributed by atoms with Gasteiger partial charge in [0.15, 0.2) is 11.6 Å². The molecule has 4 aromatic rings. The van der Waals surface area contributed by atoms with Crippen molar-refractivity contribution < 1.29 is 9.59 Å². The number of hydrogen-bond donors (Lipinski definition) is 2. The van der Waals surface area contributed by atoms with Gasteiger partial charge in [-0.15, -0.1) is 12.8 Å². The van der Waals surface area contributed by atoms with Crippen LogP contribution >= 0.6 is 0 Å². The molecule has 0 atom stereocenters. The molecule has 0 radical (unpaired) electrons. The van der Waals surface area contributed by atoms with Crippen LogP contribution in [0, 0.1) is 24.7 Å². The van der Waals surface area contributed by atoms with E-state index in [1.807, 2.05) is 62.4 Å². The van der Waals surface area contributed by atoms with Crippen molar-refractivity contribution in [3.63, 3.8) is 0 Å². The van der Waals surface area contributed by atoms with Crippen LogP contribution in [0.1, 0.15) is 88.5 Å². The van der Waals surface area contributed by atoms with Crippen LogP contribution in [-0.4, -0.2) is 21.5 Å². The summed E-state index contributed by atoms with van der Waals surface area (Å²) in [6, 6.07) is 15.5. The summed E-state index contributed by atoms with van der Waals surface area (Å²) in [5.74, 6) is 4.88. The molecular weight excluding hydrogens is 480 g/mol. The minimum absolute atomic E-state index is 0.201. The van der Waals surface area contributed by atoms with Crippen molar-refractivity contribution in [1.29, 1.82) is 0 Å². The number of terminal acetylenes is 2. The summed E-state index contributed by atoms with van der Waals surface area (Å²) >= 11 is 0. The fourth-order valence-electron chi connectivity index (χ4n) is 5.47. The number of carbonyl (C=O) groups excluding carboxylic acids is 2. The Morgan fingerprint density at radius 3 is 1.21 bits per heavy atom. The highest BCUT2D eigenvalue weighted by molar-refractivity contribution is 6.14. The predicted molar refractivity (Wildman–Crippen MR) is 159 cm³/mol. The number of ketones is 2. The van der Waals surface area contributed by atoms with Gasteiger partial charge in [-0.1, -0.05) is 63.8 Å². The van der Waals surface area contributed by atoms with Crippen molar-refractivity contribution in [2.45, 2.75) is 59.8 Å². The zero-order chi connectivity index (χ0) is 28.1. The van der Waals surface area contributed by atoms with Gasteiger partial charge in [-0.3, -0.25) is 9.59 Å². The number of rotatable bonds is 10. The van der Waals surface area contributed by atoms with E-state index in [9.17, 15) is 9.59 Å². The first-order valence-electron chi connectivity index (χ1n) is 13.6. The Kier molecular flexibility index (Phi) is 8.38. The molecule has 0 spiro atoms. The molecule has 0 fully saturated rings. The highest BCUT2D eigenvalue weighted by Gasteiger charge is 2.26. The Hall–Kier alpha value is -4.54. The third-order valence-electron chi connectivity index (χ3n) is 7.41. The molecule has 196 valence electrons. The van der Waals surface area contributed by atoms with E-state index in [4.69, 9.17) is 12.8 Å². The number of aromatic amines is 2. The largest absolute Gasteiger partial charge is 0.352 e. The van der Waals surface area contributed by atoms with Crippen LogP contribution in [0.2, 0.25) is 0 Å². The van der Waals surface area contributed by atoms with E-state index in [2.05, 4.69) is 35.7 Å². The molecule has 0 saturated heterocycles. The molecule has 0 aliphatic rings. The molecule has 0 amide bonds. The Morgan fingerprint density at radius 2 is 0.923 bits per heavy atom. The average Bonchev–Trinajstić information content (AvgIpc) is 3.55. The first-order valence-corrected chi connectivity index (χ1v) is 13.6. The van der Waals surface area contributed by atoms with Crippen LogP contribution in [-0.2, 0) is 25.7 Å². The molecule has 2 aromatic carbocycles. The van der Waals surface area contributed by atoms with Crippen molar-refractivity contribution >= 4 is 11.6 Å². The van der Waals surface area contributed by atoms with Gasteiger partial charge in [0.05, 0.1) is 17.8 Å². The van der Waals surface area contributed by atoms with E-state index in [-0.39, 0.29) is 18.0 Å². The molecule has 4 nitrogen and oxygen atoms in total.